The van der Waals surface area contributed by atoms with Gasteiger partial charge in [0.15, 0.2) is 0 Å². The summed E-state index contributed by atoms with van der Waals surface area (Å²) in [7, 11) is 0. The van der Waals surface area contributed by atoms with Crippen LogP contribution in [-0.4, -0.2) is 28.0 Å². The van der Waals surface area contributed by atoms with E-state index in [1.54, 1.807) is 0 Å². The molecule has 0 saturated heterocycles. The monoisotopic (exact) mass is 280 g/mol. The van der Waals surface area contributed by atoms with Crippen LogP contribution in [0, 0.1) is 5.41 Å². The number of amides is 1. The maximum absolute atomic E-state index is 12.0. The molecule has 0 aliphatic rings. The summed E-state index contributed by atoms with van der Waals surface area (Å²) >= 11 is 0. The zero-order chi connectivity index (χ0) is 15.3. The van der Waals surface area contributed by atoms with Crippen LogP contribution >= 0.6 is 0 Å². The van der Waals surface area contributed by atoms with E-state index in [9.17, 15) is 14.4 Å². The number of carbonyl (C=O) groups excluding carboxylic acids is 1. The standard InChI is InChI=1S/C14H20N2O4/c1-14(2,3)8-9(7-12(18)19)15-13(20)10-5-4-6-11(17)16-10/h4-6,9H,7-8H2,1-3H3,(H,15,20)(H,16,17)(H,18,19). The normalized spacial score (nSPS) is 12.8. The second kappa shape index (κ2) is 6.36. The number of hydrogen-bond donors (Lipinski definition) is 3. The van der Waals surface area contributed by atoms with Gasteiger partial charge in [-0.2, -0.15) is 0 Å². The highest BCUT2D eigenvalue weighted by molar-refractivity contribution is 5.92. The van der Waals surface area contributed by atoms with E-state index >= 15 is 0 Å². The van der Waals surface area contributed by atoms with Crippen LogP contribution in [0.3, 0.4) is 0 Å². The van der Waals surface area contributed by atoms with Gasteiger partial charge in [-0.15, -0.1) is 0 Å². The lowest BCUT2D eigenvalue weighted by molar-refractivity contribution is -0.137. The minimum Gasteiger partial charge on any atom is -0.481 e. The van der Waals surface area contributed by atoms with Crippen molar-refractivity contribution in [2.45, 2.75) is 39.7 Å². The molecular weight excluding hydrogens is 260 g/mol. The van der Waals surface area contributed by atoms with Gasteiger partial charge < -0.3 is 15.4 Å². The van der Waals surface area contributed by atoms with Crippen LogP contribution in [0.25, 0.3) is 0 Å². The summed E-state index contributed by atoms with van der Waals surface area (Å²) < 4.78 is 0. The quantitative estimate of drug-likeness (QED) is 0.758. The Labute approximate surface area is 117 Å². The molecule has 6 heteroatoms. The highest BCUT2D eigenvalue weighted by Gasteiger charge is 2.23. The van der Waals surface area contributed by atoms with Crippen LogP contribution < -0.4 is 10.9 Å². The summed E-state index contributed by atoms with van der Waals surface area (Å²) in [5.74, 6) is -1.45. The van der Waals surface area contributed by atoms with Crippen molar-refractivity contribution in [2.75, 3.05) is 0 Å². The smallest absolute Gasteiger partial charge is 0.305 e. The highest BCUT2D eigenvalue weighted by atomic mass is 16.4. The van der Waals surface area contributed by atoms with Crippen LogP contribution in [-0.2, 0) is 4.79 Å². The number of hydrogen-bond acceptors (Lipinski definition) is 3. The Balaban J connectivity index is 2.81. The fraction of sp³-hybridized carbons (Fsp3) is 0.500. The van der Waals surface area contributed by atoms with E-state index in [1.807, 2.05) is 20.8 Å². The van der Waals surface area contributed by atoms with Crippen LogP contribution in [0.15, 0.2) is 23.0 Å². The minimum absolute atomic E-state index is 0.114. The van der Waals surface area contributed by atoms with E-state index in [0.29, 0.717) is 6.42 Å². The molecule has 1 aromatic rings. The zero-order valence-corrected chi connectivity index (χ0v) is 11.9. The molecule has 0 saturated carbocycles. The lowest BCUT2D eigenvalue weighted by atomic mass is 9.87. The Hall–Kier alpha value is -2.11. The van der Waals surface area contributed by atoms with Crippen molar-refractivity contribution in [1.29, 1.82) is 0 Å². The van der Waals surface area contributed by atoms with Crippen molar-refractivity contribution >= 4 is 11.9 Å². The largest absolute Gasteiger partial charge is 0.481 e. The van der Waals surface area contributed by atoms with Gasteiger partial charge in [-0.05, 0) is 17.9 Å². The third kappa shape index (κ3) is 5.69. The van der Waals surface area contributed by atoms with Gasteiger partial charge in [-0.1, -0.05) is 26.8 Å². The molecule has 0 fully saturated rings. The van der Waals surface area contributed by atoms with E-state index in [2.05, 4.69) is 10.3 Å². The van der Waals surface area contributed by atoms with E-state index < -0.39 is 17.9 Å². The molecule has 3 N–H and O–H groups in total. The zero-order valence-electron chi connectivity index (χ0n) is 11.9. The maximum atomic E-state index is 12.0. The number of aromatic amines is 1. The van der Waals surface area contributed by atoms with Gasteiger partial charge in [0, 0.05) is 12.1 Å². The number of aromatic nitrogens is 1. The summed E-state index contributed by atoms with van der Waals surface area (Å²) in [5, 5.41) is 11.6. The Morgan fingerprint density at radius 1 is 1.35 bits per heavy atom. The van der Waals surface area contributed by atoms with E-state index in [1.165, 1.54) is 18.2 Å². The van der Waals surface area contributed by atoms with E-state index in [4.69, 9.17) is 5.11 Å². The first-order valence-electron chi connectivity index (χ1n) is 6.39. The van der Waals surface area contributed by atoms with Crippen molar-refractivity contribution in [2.24, 2.45) is 5.41 Å². The van der Waals surface area contributed by atoms with Crippen molar-refractivity contribution in [1.82, 2.24) is 10.3 Å². The van der Waals surface area contributed by atoms with Gasteiger partial charge in [0.1, 0.15) is 5.69 Å². The molecule has 0 aliphatic heterocycles. The fourth-order valence-corrected chi connectivity index (χ4v) is 1.97. The molecule has 1 rings (SSSR count). The van der Waals surface area contributed by atoms with Crippen LogP contribution in [0.2, 0.25) is 0 Å². The van der Waals surface area contributed by atoms with Gasteiger partial charge in [0.25, 0.3) is 5.91 Å². The van der Waals surface area contributed by atoms with E-state index in [0.717, 1.165) is 0 Å². The molecule has 110 valence electrons. The molecule has 0 spiro atoms. The molecule has 0 radical (unpaired) electrons. The van der Waals surface area contributed by atoms with Crippen molar-refractivity contribution in [3.63, 3.8) is 0 Å². The second-order valence-electron chi connectivity index (χ2n) is 5.96. The number of rotatable bonds is 5. The van der Waals surface area contributed by atoms with Crippen molar-refractivity contribution in [3.8, 4) is 0 Å². The number of carboxylic acids is 1. The molecule has 0 aromatic carbocycles. The van der Waals surface area contributed by atoms with Crippen molar-refractivity contribution in [3.05, 3.63) is 34.2 Å². The molecule has 0 bridgehead atoms. The Morgan fingerprint density at radius 2 is 2.00 bits per heavy atom. The molecule has 1 aromatic heterocycles. The number of carbonyl (C=O) groups is 2. The minimum atomic E-state index is -0.971. The Kier molecular flexibility index (Phi) is 5.07. The van der Waals surface area contributed by atoms with Crippen LogP contribution in [0.4, 0.5) is 0 Å². The summed E-state index contributed by atoms with van der Waals surface area (Å²) in [5.41, 5.74) is -0.359. The molecular formula is C14H20N2O4. The molecule has 1 amide bonds. The lowest BCUT2D eigenvalue weighted by Crippen LogP contribution is -2.39. The third-order valence-corrected chi connectivity index (χ3v) is 2.63. The van der Waals surface area contributed by atoms with Gasteiger partial charge >= 0.3 is 5.97 Å². The number of H-pyrrole nitrogens is 1. The summed E-state index contributed by atoms with van der Waals surface area (Å²) in [6.45, 7) is 5.91. The van der Waals surface area contributed by atoms with Crippen LogP contribution in [0.5, 0.6) is 0 Å². The summed E-state index contributed by atoms with van der Waals surface area (Å²) in [6.07, 6.45) is 0.377. The first-order valence-corrected chi connectivity index (χ1v) is 6.39. The van der Waals surface area contributed by atoms with Gasteiger partial charge in [0.2, 0.25) is 5.56 Å². The molecule has 6 nitrogen and oxygen atoms in total. The maximum Gasteiger partial charge on any atom is 0.305 e. The predicted octanol–water partition coefficient (Wildman–Crippen LogP) is 1.38. The number of pyridine rings is 1. The number of nitrogens with one attached hydrogen (secondary N) is 2. The predicted molar refractivity (Wildman–Crippen MR) is 74.6 cm³/mol. The number of carboxylic acid groups (broad SMARTS) is 1. The van der Waals surface area contributed by atoms with Crippen molar-refractivity contribution < 1.29 is 14.7 Å². The summed E-state index contributed by atoms with van der Waals surface area (Å²) in [6, 6.07) is 3.78. The first kappa shape index (κ1) is 15.9. The lowest BCUT2D eigenvalue weighted by Gasteiger charge is -2.25. The molecule has 1 unspecified atom stereocenters. The third-order valence-electron chi connectivity index (χ3n) is 2.63. The van der Waals surface area contributed by atoms with Gasteiger partial charge in [0.05, 0.1) is 6.42 Å². The second-order valence-corrected chi connectivity index (χ2v) is 5.96. The van der Waals surface area contributed by atoms with Crippen LogP contribution in [0.1, 0.15) is 44.1 Å². The summed E-state index contributed by atoms with van der Waals surface area (Å²) in [4.78, 5) is 36.4. The van der Waals surface area contributed by atoms with Gasteiger partial charge in [-0.3, -0.25) is 14.4 Å². The molecule has 1 atom stereocenters. The molecule has 1 heterocycles. The molecule has 20 heavy (non-hydrogen) atoms. The average Bonchev–Trinajstić information content (AvgIpc) is 2.25. The molecule has 0 aliphatic carbocycles. The Bertz CT molecular complexity index is 543. The Morgan fingerprint density at radius 3 is 2.50 bits per heavy atom. The first-order chi connectivity index (χ1) is 9.17. The topological polar surface area (TPSA) is 99.3 Å². The average molecular weight is 280 g/mol. The SMILES string of the molecule is CC(C)(C)CC(CC(=O)O)NC(=O)c1cccc(=O)[nH]1. The highest BCUT2D eigenvalue weighted by Crippen LogP contribution is 2.22. The fourth-order valence-electron chi connectivity index (χ4n) is 1.97. The van der Waals surface area contributed by atoms with Gasteiger partial charge in [-0.25, -0.2) is 0 Å². The number of aliphatic carboxylic acids is 1. The van der Waals surface area contributed by atoms with E-state index in [-0.39, 0.29) is 23.1 Å².